The van der Waals surface area contributed by atoms with Crippen LogP contribution < -0.4 is 0 Å². The van der Waals surface area contributed by atoms with Crippen LogP contribution in [-0.4, -0.2) is 28.4 Å². The monoisotopic (exact) mass is 350 g/mol. The van der Waals surface area contributed by atoms with Crippen molar-refractivity contribution in [3.05, 3.63) is 44.9 Å². The van der Waals surface area contributed by atoms with E-state index in [0.29, 0.717) is 10.7 Å². The number of aryl methyl sites for hydroxylation is 1. The third-order valence-electron chi connectivity index (χ3n) is 2.86. The number of aromatic hydroxyl groups is 1. The molecule has 0 radical (unpaired) electrons. The summed E-state index contributed by atoms with van der Waals surface area (Å²) < 4.78 is 4.86. The van der Waals surface area contributed by atoms with E-state index in [4.69, 9.17) is 21.6 Å². The number of hydrogen-bond donors (Lipinski definition) is 1. The third kappa shape index (κ3) is 4.06. The molecule has 1 atom stereocenters. The van der Waals surface area contributed by atoms with E-state index in [2.05, 4.69) is 4.98 Å². The number of hydrogen-bond acceptors (Lipinski definition) is 7. The van der Waals surface area contributed by atoms with E-state index in [1.807, 2.05) is 6.07 Å². The Kier molecular flexibility index (Phi) is 5.32. The first-order valence-electron chi connectivity index (χ1n) is 6.42. The van der Waals surface area contributed by atoms with Gasteiger partial charge in [-0.2, -0.15) is 5.26 Å². The number of ether oxygens (including phenoxy) is 1. The van der Waals surface area contributed by atoms with E-state index in [9.17, 15) is 14.7 Å². The number of carbonyl (C=O) groups excluding carboxylic acids is 2. The SMILES string of the molecule is Cc1csc([C@H](C#N)C(=O)COC(=O)c2ccc(Cl)cc2O)n1. The molecule has 118 valence electrons. The minimum Gasteiger partial charge on any atom is -0.507 e. The van der Waals surface area contributed by atoms with Crippen molar-refractivity contribution in [1.82, 2.24) is 4.98 Å². The lowest BCUT2D eigenvalue weighted by Gasteiger charge is -2.08. The van der Waals surface area contributed by atoms with Crippen LogP contribution in [0.4, 0.5) is 0 Å². The molecule has 1 aromatic carbocycles. The van der Waals surface area contributed by atoms with Crippen LogP contribution in [-0.2, 0) is 9.53 Å². The standard InChI is InChI=1S/C15H11ClN2O4S/c1-8-7-23-14(18-8)11(5-17)13(20)6-22-15(21)10-3-2-9(16)4-12(10)19/h2-4,7,11,19H,6H2,1H3/t11-/m1/s1. The summed E-state index contributed by atoms with van der Waals surface area (Å²) in [5.74, 6) is -2.88. The Bertz CT molecular complexity index is 797. The van der Waals surface area contributed by atoms with Gasteiger partial charge in [0.05, 0.1) is 6.07 Å². The molecule has 0 bridgehead atoms. The normalized spacial score (nSPS) is 11.5. The Balaban J connectivity index is 2.03. The highest BCUT2D eigenvalue weighted by molar-refractivity contribution is 7.09. The first-order valence-corrected chi connectivity index (χ1v) is 7.68. The van der Waals surface area contributed by atoms with E-state index in [1.54, 1.807) is 12.3 Å². The highest BCUT2D eigenvalue weighted by Gasteiger charge is 2.25. The average Bonchev–Trinajstić information content (AvgIpc) is 2.92. The van der Waals surface area contributed by atoms with Crippen LogP contribution in [0.15, 0.2) is 23.6 Å². The molecule has 6 nitrogen and oxygen atoms in total. The summed E-state index contributed by atoms with van der Waals surface area (Å²) in [5, 5.41) is 21.1. The number of nitrogens with zero attached hydrogens (tertiary/aromatic N) is 2. The van der Waals surface area contributed by atoms with Gasteiger partial charge in [0, 0.05) is 16.1 Å². The fourth-order valence-corrected chi connectivity index (χ4v) is 2.77. The Labute approximate surface area is 140 Å². The number of Topliss-reactive ketones (excluding diaryl/α,β-unsaturated/α-hetero) is 1. The van der Waals surface area contributed by atoms with Crippen LogP contribution >= 0.6 is 22.9 Å². The predicted octanol–water partition coefficient (Wildman–Crippen LogP) is 2.84. The smallest absolute Gasteiger partial charge is 0.342 e. The van der Waals surface area contributed by atoms with Crippen molar-refractivity contribution in [2.45, 2.75) is 12.8 Å². The van der Waals surface area contributed by atoms with Gasteiger partial charge in [0.15, 0.2) is 18.3 Å². The number of thiazole rings is 1. The van der Waals surface area contributed by atoms with Crippen LogP contribution in [0.2, 0.25) is 5.02 Å². The molecule has 0 saturated carbocycles. The molecular weight excluding hydrogens is 340 g/mol. The molecule has 8 heteroatoms. The molecule has 2 aromatic rings. The lowest BCUT2D eigenvalue weighted by atomic mass is 10.1. The maximum Gasteiger partial charge on any atom is 0.342 e. The van der Waals surface area contributed by atoms with Crippen LogP contribution in [0.5, 0.6) is 5.75 Å². The highest BCUT2D eigenvalue weighted by atomic mass is 35.5. The molecule has 1 aromatic heterocycles. The molecule has 23 heavy (non-hydrogen) atoms. The lowest BCUT2D eigenvalue weighted by Crippen LogP contribution is -2.20. The van der Waals surface area contributed by atoms with Crippen molar-refractivity contribution in [2.24, 2.45) is 0 Å². The number of rotatable bonds is 5. The summed E-state index contributed by atoms with van der Waals surface area (Å²) >= 11 is 6.87. The van der Waals surface area contributed by atoms with E-state index >= 15 is 0 Å². The summed E-state index contributed by atoms with van der Waals surface area (Å²) in [7, 11) is 0. The van der Waals surface area contributed by atoms with Gasteiger partial charge in [-0.25, -0.2) is 9.78 Å². The van der Waals surface area contributed by atoms with Crippen molar-refractivity contribution in [3.63, 3.8) is 0 Å². The zero-order valence-corrected chi connectivity index (χ0v) is 13.5. The second kappa shape index (κ2) is 7.22. The van der Waals surface area contributed by atoms with Crippen LogP contribution in [0.3, 0.4) is 0 Å². The molecule has 0 aliphatic heterocycles. The summed E-state index contributed by atoms with van der Waals surface area (Å²) in [6, 6.07) is 5.75. The zero-order chi connectivity index (χ0) is 17.0. The van der Waals surface area contributed by atoms with Crippen molar-refractivity contribution in [3.8, 4) is 11.8 Å². The van der Waals surface area contributed by atoms with Gasteiger partial charge in [0.25, 0.3) is 0 Å². The van der Waals surface area contributed by atoms with E-state index < -0.39 is 24.3 Å². The number of ketones is 1. The second-order valence-corrected chi connectivity index (χ2v) is 5.92. The molecule has 2 rings (SSSR count). The van der Waals surface area contributed by atoms with Gasteiger partial charge >= 0.3 is 5.97 Å². The Morgan fingerprint density at radius 3 is 2.83 bits per heavy atom. The van der Waals surface area contributed by atoms with Gasteiger partial charge < -0.3 is 9.84 Å². The minimum absolute atomic E-state index is 0.110. The second-order valence-electron chi connectivity index (χ2n) is 4.59. The number of phenols is 1. The van der Waals surface area contributed by atoms with Gasteiger partial charge in [-0.15, -0.1) is 11.3 Å². The molecular formula is C15H11ClN2O4S. The average molecular weight is 351 g/mol. The van der Waals surface area contributed by atoms with Gasteiger partial charge in [0.2, 0.25) is 0 Å². The summed E-state index contributed by atoms with van der Waals surface area (Å²) in [6.07, 6.45) is 0. The molecule has 0 spiro atoms. The van der Waals surface area contributed by atoms with Crippen molar-refractivity contribution >= 4 is 34.7 Å². The van der Waals surface area contributed by atoms with Gasteiger partial charge in [0.1, 0.15) is 16.3 Å². The largest absolute Gasteiger partial charge is 0.507 e. The van der Waals surface area contributed by atoms with Gasteiger partial charge in [-0.3, -0.25) is 4.79 Å². The van der Waals surface area contributed by atoms with E-state index in [-0.39, 0.29) is 16.3 Å². The zero-order valence-electron chi connectivity index (χ0n) is 11.9. The maximum absolute atomic E-state index is 12.0. The number of phenolic OH excluding ortho intramolecular Hbond substituents is 1. The topological polar surface area (TPSA) is 100 Å². The molecule has 0 aliphatic rings. The fraction of sp³-hybridized carbons (Fsp3) is 0.200. The van der Waals surface area contributed by atoms with Crippen molar-refractivity contribution in [1.29, 1.82) is 5.26 Å². The molecule has 0 fully saturated rings. The fourth-order valence-electron chi connectivity index (χ4n) is 1.74. The van der Waals surface area contributed by atoms with E-state index in [1.165, 1.54) is 29.5 Å². The molecule has 0 aliphatic carbocycles. The maximum atomic E-state index is 12.0. The molecule has 0 saturated heterocycles. The number of halogens is 1. The van der Waals surface area contributed by atoms with Crippen LogP contribution in [0.25, 0.3) is 0 Å². The number of esters is 1. The summed E-state index contributed by atoms with van der Waals surface area (Å²) in [6.45, 7) is 1.17. The quantitative estimate of drug-likeness (QED) is 0.832. The molecule has 0 unspecified atom stereocenters. The number of benzene rings is 1. The first kappa shape index (κ1) is 16.9. The lowest BCUT2D eigenvalue weighted by molar-refractivity contribution is -0.122. The van der Waals surface area contributed by atoms with Crippen molar-refractivity contribution in [2.75, 3.05) is 6.61 Å². The number of carbonyl (C=O) groups is 2. The minimum atomic E-state index is -1.08. The van der Waals surface area contributed by atoms with Gasteiger partial charge in [-0.1, -0.05) is 11.6 Å². The van der Waals surface area contributed by atoms with Gasteiger partial charge in [-0.05, 0) is 25.1 Å². The Morgan fingerprint density at radius 1 is 1.52 bits per heavy atom. The third-order valence-corrected chi connectivity index (χ3v) is 4.12. The number of nitriles is 1. The molecule has 0 amide bonds. The van der Waals surface area contributed by atoms with Crippen LogP contribution in [0, 0.1) is 18.3 Å². The molecule has 1 heterocycles. The first-order chi connectivity index (χ1) is 10.9. The van der Waals surface area contributed by atoms with Crippen molar-refractivity contribution < 1.29 is 19.4 Å². The number of aromatic nitrogens is 1. The summed E-state index contributed by atoms with van der Waals surface area (Å²) in [4.78, 5) is 28.0. The predicted molar refractivity (Wildman–Crippen MR) is 83.6 cm³/mol. The molecule has 1 N–H and O–H groups in total. The Hall–Kier alpha value is -2.43. The Morgan fingerprint density at radius 2 is 2.26 bits per heavy atom. The summed E-state index contributed by atoms with van der Waals surface area (Å²) in [5.41, 5.74) is 0.599. The van der Waals surface area contributed by atoms with Crippen LogP contribution in [0.1, 0.15) is 27.0 Å². The van der Waals surface area contributed by atoms with E-state index in [0.717, 1.165) is 0 Å². The highest BCUT2D eigenvalue weighted by Crippen LogP contribution is 2.23.